The summed E-state index contributed by atoms with van der Waals surface area (Å²) in [6.07, 6.45) is -1.26. The van der Waals surface area contributed by atoms with E-state index in [0.717, 1.165) is 0 Å². The number of pyridine rings is 1. The third-order valence-corrected chi connectivity index (χ3v) is 3.05. The highest BCUT2D eigenvalue weighted by atomic mass is 16.6. The van der Waals surface area contributed by atoms with Gasteiger partial charge in [-0.1, -0.05) is 0 Å². The summed E-state index contributed by atoms with van der Waals surface area (Å²) in [5.41, 5.74) is 5.33. The highest BCUT2D eigenvalue weighted by molar-refractivity contribution is 5.72. The van der Waals surface area contributed by atoms with Crippen LogP contribution in [0, 0.1) is 17.0 Å². The molecule has 116 valence electrons. The van der Waals surface area contributed by atoms with Crippen LogP contribution >= 0.6 is 0 Å². The van der Waals surface area contributed by atoms with Gasteiger partial charge < -0.3 is 21.3 Å². The number of carbonyl (C=O) groups excluding carboxylic acids is 1. The maximum Gasteiger partial charge on any atom is 0.314 e. The number of nitrogens with two attached hydrogens (primary N) is 1. The molecule has 21 heavy (non-hydrogen) atoms. The molecule has 0 fully saturated rings. The van der Waals surface area contributed by atoms with Gasteiger partial charge in [-0.2, -0.15) is 0 Å². The van der Waals surface area contributed by atoms with Crippen molar-refractivity contribution in [2.75, 3.05) is 12.3 Å². The van der Waals surface area contributed by atoms with Crippen LogP contribution in [0.4, 0.5) is 11.5 Å². The zero-order chi connectivity index (χ0) is 16.2. The number of nitro groups is 1. The van der Waals surface area contributed by atoms with E-state index in [0.29, 0.717) is 0 Å². The van der Waals surface area contributed by atoms with Gasteiger partial charge in [0.15, 0.2) is 0 Å². The first kappa shape index (κ1) is 16.8. The monoisotopic (exact) mass is 298 g/mol. The normalized spacial score (nSPS) is 13.5. The molecule has 2 unspecified atom stereocenters. The molecule has 2 atom stereocenters. The molecule has 0 saturated heterocycles. The van der Waals surface area contributed by atoms with Crippen molar-refractivity contribution in [2.24, 2.45) is 0 Å². The minimum absolute atomic E-state index is 0.0956. The second-order valence-corrected chi connectivity index (χ2v) is 4.61. The zero-order valence-corrected chi connectivity index (χ0v) is 11.7. The first-order valence-electron chi connectivity index (χ1n) is 6.25. The van der Waals surface area contributed by atoms with E-state index in [2.05, 4.69) is 10.3 Å². The largest absolute Gasteiger partial charge is 0.390 e. The van der Waals surface area contributed by atoms with Crippen LogP contribution in [0.2, 0.25) is 0 Å². The van der Waals surface area contributed by atoms with Crippen molar-refractivity contribution in [1.82, 2.24) is 10.3 Å². The van der Waals surface area contributed by atoms with Crippen molar-refractivity contribution in [3.05, 3.63) is 27.4 Å². The van der Waals surface area contributed by atoms with Crippen molar-refractivity contribution < 1.29 is 19.9 Å². The maximum absolute atomic E-state index is 10.9. The van der Waals surface area contributed by atoms with Crippen LogP contribution in [0.5, 0.6) is 0 Å². The summed E-state index contributed by atoms with van der Waals surface area (Å²) >= 11 is 0. The van der Waals surface area contributed by atoms with Gasteiger partial charge >= 0.3 is 5.69 Å². The molecule has 1 aromatic heterocycles. The summed E-state index contributed by atoms with van der Waals surface area (Å²) in [6, 6.07) is 0. The van der Waals surface area contributed by atoms with Crippen molar-refractivity contribution >= 4 is 17.4 Å². The van der Waals surface area contributed by atoms with Crippen LogP contribution in [-0.2, 0) is 4.79 Å². The zero-order valence-electron chi connectivity index (χ0n) is 11.7. The topological polar surface area (TPSA) is 152 Å². The van der Waals surface area contributed by atoms with E-state index in [1.807, 2.05) is 0 Å². The lowest BCUT2D eigenvalue weighted by Gasteiger charge is -2.19. The molecule has 1 aromatic rings. The molecule has 0 spiro atoms. The number of aliphatic hydroxyl groups excluding tert-OH is 2. The average molecular weight is 298 g/mol. The molecule has 0 aromatic carbocycles. The predicted molar refractivity (Wildman–Crippen MR) is 74.3 cm³/mol. The quantitative estimate of drug-likeness (QED) is 0.419. The average Bonchev–Trinajstić information content (AvgIpc) is 2.37. The van der Waals surface area contributed by atoms with Crippen molar-refractivity contribution in [2.45, 2.75) is 32.5 Å². The molecule has 5 N–H and O–H groups in total. The van der Waals surface area contributed by atoms with E-state index in [-0.39, 0.29) is 41.5 Å². The number of hydrogen-bond donors (Lipinski definition) is 4. The molecule has 0 aliphatic heterocycles. The summed E-state index contributed by atoms with van der Waals surface area (Å²) in [7, 11) is 0. The van der Waals surface area contributed by atoms with E-state index in [9.17, 15) is 25.1 Å². The molecule has 0 aliphatic rings. The van der Waals surface area contributed by atoms with Crippen LogP contribution in [0.15, 0.2) is 6.20 Å². The van der Waals surface area contributed by atoms with E-state index in [1.54, 1.807) is 0 Å². The molecular weight excluding hydrogens is 280 g/mol. The SMILES string of the molecule is CC(=O)NCCC(O)C(O)c1cnc(N)c([N+](=O)[O-])c1C. The van der Waals surface area contributed by atoms with Gasteiger partial charge in [-0.05, 0) is 13.3 Å². The number of hydrogen-bond acceptors (Lipinski definition) is 7. The Labute approximate surface area is 120 Å². The fourth-order valence-electron chi connectivity index (χ4n) is 1.92. The van der Waals surface area contributed by atoms with Crippen molar-refractivity contribution in [3.63, 3.8) is 0 Å². The molecule has 9 nitrogen and oxygen atoms in total. The Kier molecular flexibility index (Phi) is 5.56. The number of amides is 1. The number of aliphatic hydroxyl groups is 2. The van der Waals surface area contributed by atoms with Gasteiger partial charge in [0.1, 0.15) is 6.10 Å². The first-order chi connectivity index (χ1) is 9.75. The Bertz CT molecular complexity index is 549. The fourth-order valence-corrected chi connectivity index (χ4v) is 1.92. The molecule has 0 saturated carbocycles. The highest BCUT2D eigenvalue weighted by Crippen LogP contribution is 2.31. The lowest BCUT2D eigenvalue weighted by Crippen LogP contribution is -2.28. The second kappa shape index (κ2) is 6.95. The minimum atomic E-state index is -1.36. The number of anilines is 1. The van der Waals surface area contributed by atoms with E-state index < -0.39 is 17.1 Å². The fraction of sp³-hybridized carbons (Fsp3) is 0.500. The molecule has 9 heteroatoms. The molecule has 1 heterocycles. The first-order valence-corrected chi connectivity index (χ1v) is 6.25. The summed E-state index contributed by atoms with van der Waals surface area (Å²) in [6.45, 7) is 2.94. The molecule has 1 amide bonds. The molecule has 0 aliphatic carbocycles. The van der Waals surface area contributed by atoms with Gasteiger partial charge in [0, 0.05) is 30.8 Å². The number of aromatic nitrogens is 1. The molecule has 1 rings (SSSR count). The number of rotatable bonds is 6. The number of nitrogens with zero attached hydrogens (tertiary/aromatic N) is 2. The van der Waals surface area contributed by atoms with Gasteiger partial charge in [-0.25, -0.2) is 4.98 Å². The van der Waals surface area contributed by atoms with E-state index in [1.165, 1.54) is 20.0 Å². The number of nitrogens with one attached hydrogen (secondary N) is 1. The summed E-state index contributed by atoms with van der Waals surface area (Å²) in [5.74, 6) is -0.501. The number of nitrogen functional groups attached to an aromatic ring is 1. The Morgan fingerprint density at radius 3 is 2.71 bits per heavy atom. The van der Waals surface area contributed by atoms with E-state index in [4.69, 9.17) is 5.73 Å². The Morgan fingerprint density at radius 2 is 2.19 bits per heavy atom. The lowest BCUT2D eigenvalue weighted by molar-refractivity contribution is -0.384. The van der Waals surface area contributed by atoms with E-state index >= 15 is 0 Å². The summed E-state index contributed by atoms with van der Waals surface area (Å²) < 4.78 is 0. The van der Waals surface area contributed by atoms with Gasteiger partial charge in [-0.15, -0.1) is 0 Å². The molecular formula is C12H18N4O5. The minimum Gasteiger partial charge on any atom is -0.390 e. The predicted octanol–water partition coefficient (Wildman–Crippen LogP) is -0.199. The number of carbonyl (C=O) groups is 1. The van der Waals surface area contributed by atoms with Gasteiger partial charge in [0.2, 0.25) is 11.7 Å². The Hall–Kier alpha value is -2.26. The Balaban J connectivity index is 2.92. The van der Waals surface area contributed by atoms with Crippen LogP contribution < -0.4 is 11.1 Å². The second-order valence-electron chi connectivity index (χ2n) is 4.61. The summed E-state index contributed by atoms with van der Waals surface area (Å²) in [4.78, 5) is 24.6. The van der Waals surface area contributed by atoms with Crippen LogP contribution in [0.3, 0.4) is 0 Å². The van der Waals surface area contributed by atoms with Crippen LogP contribution in [0.1, 0.15) is 30.6 Å². The van der Waals surface area contributed by atoms with Gasteiger partial charge in [0.25, 0.3) is 0 Å². The van der Waals surface area contributed by atoms with Crippen LogP contribution in [0.25, 0.3) is 0 Å². The maximum atomic E-state index is 10.9. The van der Waals surface area contributed by atoms with Crippen LogP contribution in [-0.4, -0.2) is 38.7 Å². The standard InChI is InChI=1S/C12H18N4O5/c1-6-8(5-15-12(13)10(6)16(20)21)11(19)9(18)3-4-14-7(2)17/h5,9,11,18-19H,3-4H2,1-2H3,(H2,13,15)(H,14,17). The lowest BCUT2D eigenvalue weighted by atomic mass is 9.98. The van der Waals surface area contributed by atoms with Gasteiger partial charge in [-0.3, -0.25) is 14.9 Å². The molecule has 0 radical (unpaired) electrons. The van der Waals surface area contributed by atoms with Crippen molar-refractivity contribution in [1.29, 1.82) is 0 Å². The third-order valence-electron chi connectivity index (χ3n) is 3.05. The molecule has 0 bridgehead atoms. The highest BCUT2D eigenvalue weighted by Gasteiger charge is 2.26. The summed E-state index contributed by atoms with van der Waals surface area (Å²) in [5, 5.41) is 33.4. The van der Waals surface area contributed by atoms with Gasteiger partial charge in [0.05, 0.1) is 11.0 Å². The smallest absolute Gasteiger partial charge is 0.314 e. The third kappa shape index (κ3) is 4.10. The van der Waals surface area contributed by atoms with Crippen molar-refractivity contribution in [3.8, 4) is 0 Å². The Morgan fingerprint density at radius 1 is 1.57 bits per heavy atom.